The molecule has 4 heteroatoms. The predicted molar refractivity (Wildman–Crippen MR) is 76.3 cm³/mol. The molecule has 0 aliphatic rings. The number of hydrogen-bond acceptors (Lipinski definition) is 3. The van der Waals surface area contributed by atoms with Gasteiger partial charge in [0.05, 0.1) is 8.07 Å². The Morgan fingerprint density at radius 2 is 1.06 bits per heavy atom. The van der Waals surface area contributed by atoms with Crippen LogP contribution in [0.1, 0.15) is 32.6 Å². The highest BCUT2D eigenvalue weighted by molar-refractivity contribution is 6.79. The first-order chi connectivity index (χ1) is 7.74. The summed E-state index contributed by atoms with van der Waals surface area (Å²) in [6.45, 7) is 4.81. The van der Waals surface area contributed by atoms with E-state index in [4.69, 9.17) is 17.2 Å². The molecule has 0 aliphatic heterocycles. The van der Waals surface area contributed by atoms with Crippen LogP contribution >= 0.6 is 0 Å². The lowest BCUT2D eigenvalue weighted by Gasteiger charge is -2.32. The van der Waals surface area contributed by atoms with E-state index in [-0.39, 0.29) is 0 Å². The fourth-order valence-electron chi connectivity index (χ4n) is 2.71. The van der Waals surface area contributed by atoms with Crippen LogP contribution in [0.3, 0.4) is 0 Å². The van der Waals surface area contributed by atoms with Gasteiger partial charge in [0, 0.05) is 0 Å². The molecule has 0 atom stereocenters. The summed E-state index contributed by atoms with van der Waals surface area (Å²) < 4.78 is 0. The van der Waals surface area contributed by atoms with E-state index in [1.807, 2.05) is 0 Å². The summed E-state index contributed by atoms with van der Waals surface area (Å²) >= 11 is 0. The van der Waals surface area contributed by atoms with Gasteiger partial charge in [-0.1, -0.05) is 37.5 Å². The highest BCUT2D eigenvalue weighted by Gasteiger charge is 2.29. The van der Waals surface area contributed by atoms with Crippen LogP contribution in [-0.4, -0.2) is 27.7 Å². The Morgan fingerprint density at radius 3 is 1.31 bits per heavy atom. The van der Waals surface area contributed by atoms with Crippen molar-refractivity contribution in [2.75, 3.05) is 19.6 Å². The molecule has 0 radical (unpaired) electrons. The van der Waals surface area contributed by atoms with E-state index < -0.39 is 8.07 Å². The molecule has 0 fully saturated rings. The standard InChI is InChI=1S/C12H31N3Si/c1-2-9-16(10-3-6-13,11-4-7-14)12-5-8-15/h2-15H2,1H3. The van der Waals surface area contributed by atoms with E-state index >= 15 is 0 Å². The van der Waals surface area contributed by atoms with Crippen LogP contribution in [0.15, 0.2) is 0 Å². The smallest absolute Gasteiger partial charge is 0.0537 e. The topological polar surface area (TPSA) is 78.1 Å². The number of nitrogens with two attached hydrogens (primary N) is 3. The van der Waals surface area contributed by atoms with Gasteiger partial charge in [-0.3, -0.25) is 0 Å². The highest BCUT2D eigenvalue weighted by Crippen LogP contribution is 2.31. The van der Waals surface area contributed by atoms with Crippen LogP contribution in [0.4, 0.5) is 0 Å². The predicted octanol–water partition coefficient (Wildman–Crippen LogP) is 1.89. The van der Waals surface area contributed by atoms with Gasteiger partial charge in [-0.25, -0.2) is 0 Å². The average molecular weight is 245 g/mol. The van der Waals surface area contributed by atoms with Crippen molar-refractivity contribution >= 4 is 8.07 Å². The van der Waals surface area contributed by atoms with Gasteiger partial charge in [0.1, 0.15) is 0 Å². The molecule has 0 heterocycles. The van der Waals surface area contributed by atoms with Crippen molar-refractivity contribution < 1.29 is 0 Å². The van der Waals surface area contributed by atoms with E-state index in [0.717, 1.165) is 19.6 Å². The molecule has 16 heavy (non-hydrogen) atoms. The molecule has 0 amide bonds. The van der Waals surface area contributed by atoms with Crippen LogP contribution in [0.25, 0.3) is 0 Å². The summed E-state index contributed by atoms with van der Waals surface area (Å²) in [7, 11) is -1.10. The first-order valence-electron chi connectivity index (χ1n) is 6.85. The second-order valence-electron chi connectivity index (χ2n) is 4.93. The fourth-order valence-corrected chi connectivity index (χ4v) is 8.13. The van der Waals surface area contributed by atoms with Gasteiger partial charge in [-0.05, 0) is 38.9 Å². The monoisotopic (exact) mass is 245 g/mol. The molecule has 0 saturated carbocycles. The first kappa shape index (κ1) is 16.1. The minimum Gasteiger partial charge on any atom is -0.330 e. The second kappa shape index (κ2) is 10.3. The van der Waals surface area contributed by atoms with Gasteiger partial charge in [0.15, 0.2) is 0 Å². The fraction of sp³-hybridized carbons (Fsp3) is 1.00. The van der Waals surface area contributed by atoms with E-state index in [1.54, 1.807) is 0 Å². The van der Waals surface area contributed by atoms with Gasteiger partial charge in [0.2, 0.25) is 0 Å². The normalized spacial score (nSPS) is 12.0. The van der Waals surface area contributed by atoms with Gasteiger partial charge < -0.3 is 17.2 Å². The Labute approximate surface area is 102 Å². The van der Waals surface area contributed by atoms with Crippen molar-refractivity contribution in [3.8, 4) is 0 Å². The van der Waals surface area contributed by atoms with Crippen LogP contribution in [0, 0.1) is 0 Å². The molecule has 3 nitrogen and oxygen atoms in total. The summed E-state index contributed by atoms with van der Waals surface area (Å²) in [4.78, 5) is 0. The number of rotatable bonds is 11. The Hall–Kier alpha value is 0.0969. The molecular formula is C12H31N3Si. The van der Waals surface area contributed by atoms with Crippen molar-refractivity contribution in [3.05, 3.63) is 0 Å². The maximum Gasteiger partial charge on any atom is 0.0537 e. The minimum absolute atomic E-state index is 0.837. The zero-order valence-corrected chi connectivity index (χ0v) is 12.0. The van der Waals surface area contributed by atoms with E-state index in [1.165, 1.54) is 49.9 Å². The Kier molecular flexibility index (Phi) is 10.3. The van der Waals surface area contributed by atoms with Crippen LogP contribution in [-0.2, 0) is 0 Å². The molecular weight excluding hydrogens is 214 g/mol. The average Bonchev–Trinajstić information content (AvgIpc) is 2.31. The first-order valence-corrected chi connectivity index (χ1v) is 9.67. The van der Waals surface area contributed by atoms with Crippen molar-refractivity contribution in [2.24, 2.45) is 17.2 Å². The lowest BCUT2D eigenvalue weighted by atomic mass is 10.5. The van der Waals surface area contributed by atoms with E-state index in [9.17, 15) is 0 Å². The van der Waals surface area contributed by atoms with Crippen molar-refractivity contribution in [2.45, 2.75) is 56.8 Å². The molecule has 0 spiro atoms. The van der Waals surface area contributed by atoms with Gasteiger partial charge >= 0.3 is 0 Å². The number of hydrogen-bond donors (Lipinski definition) is 3. The van der Waals surface area contributed by atoms with E-state index in [2.05, 4.69) is 6.92 Å². The minimum atomic E-state index is -1.10. The third-order valence-corrected chi connectivity index (χ3v) is 9.32. The molecule has 0 aliphatic carbocycles. The molecule has 0 saturated heterocycles. The summed E-state index contributed by atoms with van der Waals surface area (Å²) in [5.41, 5.74) is 17.0. The molecule has 0 unspecified atom stereocenters. The largest absolute Gasteiger partial charge is 0.330 e. The summed E-state index contributed by atoms with van der Waals surface area (Å²) in [5, 5.41) is 0. The van der Waals surface area contributed by atoms with Crippen LogP contribution < -0.4 is 17.2 Å². The van der Waals surface area contributed by atoms with Crippen molar-refractivity contribution in [3.63, 3.8) is 0 Å². The third kappa shape index (κ3) is 6.63. The third-order valence-electron chi connectivity index (χ3n) is 3.51. The maximum absolute atomic E-state index is 5.66. The quantitative estimate of drug-likeness (QED) is 0.486. The van der Waals surface area contributed by atoms with Crippen LogP contribution in [0.2, 0.25) is 24.2 Å². The SMILES string of the molecule is CCC[Si](CCCN)(CCCN)CCCN. The molecule has 0 aromatic rings. The Bertz CT molecular complexity index is 131. The zero-order chi connectivity index (χ0) is 12.3. The lowest BCUT2D eigenvalue weighted by Crippen LogP contribution is -2.35. The van der Waals surface area contributed by atoms with Crippen molar-refractivity contribution in [1.82, 2.24) is 0 Å². The summed E-state index contributed by atoms with van der Waals surface area (Å²) in [6, 6.07) is 5.60. The van der Waals surface area contributed by atoms with E-state index in [0.29, 0.717) is 0 Å². The van der Waals surface area contributed by atoms with Gasteiger partial charge in [-0.2, -0.15) is 0 Å². The molecule has 0 rings (SSSR count). The molecule has 0 aromatic carbocycles. The zero-order valence-electron chi connectivity index (χ0n) is 11.0. The Morgan fingerprint density at radius 1 is 0.688 bits per heavy atom. The maximum atomic E-state index is 5.66. The molecule has 6 N–H and O–H groups in total. The van der Waals surface area contributed by atoms with Gasteiger partial charge in [-0.15, -0.1) is 0 Å². The molecule has 0 bridgehead atoms. The highest BCUT2D eigenvalue weighted by atomic mass is 28.3. The molecule has 0 aromatic heterocycles. The second-order valence-corrected chi connectivity index (χ2v) is 9.93. The Balaban J connectivity index is 4.32. The van der Waals surface area contributed by atoms with Crippen molar-refractivity contribution in [1.29, 1.82) is 0 Å². The summed E-state index contributed by atoms with van der Waals surface area (Å²) in [6.07, 6.45) is 4.90. The molecule has 98 valence electrons. The lowest BCUT2D eigenvalue weighted by molar-refractivity contribution is 0.811. The van der Waals surface area contributed by atoms with Gasteiger partial charge in [0.25, 0.3) is 0 Å². The summed E-state index contributed by atoms with van der Waals surface area (Å²) in [5.74, 6) is 0. The van der Waals surface area contributed by atoms with Crippen LogP contribution in [0.5, 0.6) is 0 Å².